The number of rotatable bonds is 2. The summed E-state index contributed by atoms with van der Waals surface area (Å²) in [7, 11) is 0. The van der Waals surface area contributed by atoms with E-state index in [1.807, 2.05) is 42.5 Å². The van der Waals surface area contributed by atoms with Crippen LogP contribution in [0, 0.1) is 11.3 Å². The summed E-state index contributed by atoms with van der Waals surface area (Å²) in [5.41, 5.74) is 4.12. The molecule has 0 aromatic heterocycles. The van der Waals surface area contributed by atoms with Gasteiger partial charge in [0.1, 0.15) is 0 Å². The topological polar surface area (TPSA) is 35.8 Å². The molecular weight excluding hydrogens is 220 g/mol. The number of benzene rings is 2. The first-order valence-corrected chi connectivity index (χ1v) is 5.91. The highest BCUT2D eigenvalue weighted by Crippen LogP contribution is 2.30. The van der Waals surface area contributed by atoms with Gasteiger partial charge in [0.25, 0.3) is 0 Å². The van der Waals surface area contributed by atoms with Crippen LogP contribution < -0.4 is 5.32 Å². The van der Waals surface area contributed by atoms with E-state index in [1.165, 1.54) is 5.56 Å². The number of hydrogen-bond donors (Lipinski definition) is 1. The molecule has 1 atom stereocenters. The van der Waals surface area contributed by atoms with E-state index in [1.54, 1.807) is 0 Å². The maximum Gasteiger partial charge on any atom is 0.0991 e. The largest absolute Gasteiger partial charge is 0.374 e. The summed E-state index contributed by atoms with van der Waals surface area (Å²) in [6, 6.07) is 20.4. The van der Waals surface area contributed by atoms with Crippen LogP contribution >= 0.6 is 0 Å². The first-order valence-electron chi connectivity index (χ1n) is 5.91. The molecule has 1 aliphatic rings. The van der Waals surface area contributed by atoms with Crippen LogP contribution in [0.15, 0.2) is 60.7 Å². The Morgan fingerprint density at radius 2 is 1.78 bits per heavy atom. The van der Waals surface area contributed by atoms with Gasteiger partial charge in [0.2, 0.25) is 0 Å². The zero-order chi connectivity index (χ0) is 12.4. The molecule has 0 amide bonds. The maximum atomic E-state index is 8.87. The van der Waals surface area contributed by atoms with Crippen molar-refractivity contribution in [1.82, 2.24) is 5.32 Å². The van der Waals surface area contributed by atoms with E-state index in [-0.39, 0.29) is 6.04 Å². The van der Waals surface area contributed by atoms with E-state index in [0.29, 0.717) is 5.56 Å². The van der Waals surface area contributed by atoms with Crippen LogP contribution in [0.4, 0.5) is 0 Å². The summed E-state index contributed by atoms with van der Waals surface area (Å²) in [6.07, 6.45) is 2.19. The van der Waals surface area contributed by atoms with Gasteiger partial charge < -0.3 is 5.32 Å². The van der Waals surface area contributed by atoms with Crippen molar-refractivity contribution in [3.8, 4) is 6.07 Å². The van der Waals surface area contributed by atoms with Gasteiger partial charge in [-0.05, 0) is 29.3 Å². The normalized spacial score (nSPS) is 17.1. The Kier molecular flexibility index (Phi) is 2.59. The molecule has 18 heavy (non-hydrogen) atoms. The standard InChI is InChI=1S/C16H12N2/c17-11-12-5-4-8-14(9-12)16-10-15(18-16)13-6-2-1-3-7-13/h1-10,15,18H. The lowest BCUT2D eigenvalue weighted by Crippen LogP contribution is -2.27. The van der Waals surface area contributed by atoms with E-state index in [2.05, 4.69) is 29.6 Å². The Hall–Kier alpha value is -2.53. The van der Waals surface area contributed by atoms with Crippen molar-refractivity contribution in [3.05, 3.63) is 77.4 Å². The predicted molar refractivity (Wildman–Crippen MR) is 71.5 cm³/mol. The zero-order valence-corrected chi connectivity index (χ0v) is 9.80. The number of nitriles is 1. The van der Waals surface area contributed by atoms with Crippen LogP contribution in [0.5, 0.6) is 0 Å². The lowest BCUT2D eigenvalue weighted by atomic mass is 9.95. The van der Waals surface area contributed by atoms with Crippen molar-refractivity contribution in [1.29, 1.82) is 5.26 Å². The van der Waals surface area contributed by atoms with E-state index in [0.717, 1.165) is 11.3 Å². The van der Waals surface area contributed by atoms with Gasteiger partial charge in [0.15, 0.2) is 0 Å². The third-order valence-corrected chi connectivity index (χ3v) is 3.11. The SMILES string of the molecule is N#Cc1cccc(C2=CC(c3ccccc3)N2)c1. The molecule has 86 valence electrons. The Bertz CT molecular complexity index is 636. The second-order valence-corrected chi connectivity index (χ2v) is 4.31. The molecule has 0 saturated heterocycles. The third-order valence-electron chi connectivity index (χ3n) is 3.11. The molecule has 0 fully saturated rings. The molecule has 0 bridgehead atoms. The van der Waals surface area contributed by atoms with Crippen molar-refractivity contribution >= 4 is 5.70 Å². The lowest BCUT2D eigenvalue weighted by Gasteiger charge is -2.29. The van der Waals surface area contributed by atoms with Gasteiger partial charge >= 0.3 is 0 Å². The monoisotopic (exact) mass is 232 g/mol. The third kappa shape index (κ3) is 1.87. The van der Waals surface area contributed by atoms with Gasteiger partial charge in [-0.3, -0.25) is 0 Å². The Labute approximate surface area is 106 Å². The minimum absolute atomic E-state index is 0.284. The number of nitrogens with zero attached hydrogens (tertiary/aromatic N) is 1. The fourth-order valence-electron chi connectivity index (χ4n) is 2.10. The van der Waals surface area contributed by atoms with Gasteiger partial charge in [0.05, 0.1) is 17.7 Å². The Morgan fingerprint density at radius 1 is 1.00 bits per heavy atom. The lowest BCUT2D eigenvalue weighted by molar-refractivity contribution is 0.711. The highest BCUT2D eigenvalue weighted by atomic mass is 15.0. The summed E-state index contributed by atoms with van der Waals surface area (Å²) >= 11 is 0. The van der Waals surface area contributed by atoms with Crippen molar-refractivity contribution < 1.29 is 0 Å². The quantitative estimate of drug-likeness (QED) is 0.862. The molecule has 1 aliphatic heterocycles. The van der Waals surface area contributed by atoms with Gasteiger partial charge in [-0.2, -0.15) is 5.26 Å². The van der Waals surface area contributed by atoms with E-state index >= 15 is 0 Å². The van der Waals surface area contributed by atoms with Crippen LogP contribution in [0.2, 0.25) is 0 Å². The van der Waals surface area contributed by atoms with Crippen molar-refractivity contribution in [3.63, 3.8) is 0 Å². The summed E-state index contributed by atoms with van der Waals surface area (Å²) in [6.45, 7) is 0. The molecule has 1 N–H and O–H groups in total. The van der Waals surface area contributed by atoms with E-state index < -0.39 is 0 Å². The number of nitrogens with one attached hydrogen (secondary N) is 1. The van der Waals surface area contributed by atoms with Gasteiger partial charge in [-0.15, -0.1) is 0 Å². The van der Waals surface area contributed by atoms with E-state index in [9.17, 15) is 0 Å². The highest BCUT2D eigenvalue weighted by Gasteiger charge is 2.20. The summed E-state index contributed by atoms with van der Waals surface area (Å²) in [5.74, 6) is 0. The van der Waals surface area contributed by atoms with E-state index in [4.69, 9.17) is 5.26 Å². The average Bonchev–Trinajstić information content (AvgIpc) is 2.39. The molecular formula is C16H12N2. The summed E-state index contributed by atoms with van der Waals surface area (Å²) in [4.78, 5) is 0. The fraction of sp³-hybridized carbons (Fsp3) is 0.0625. The molecule has 2 nitrogen and oxygen atoms in total. The second kappa shape index (κ2) is 4.38. The molecule has 3 rings (SSSR count). The zero-order valence-electron chi connectivity index (χ0n) is 9.80. The van der Waals surface area contributed by atoms with Gasteiger partial charge in [-0.25, -0.2) is 0 Å². The van der Waals surface area contributed by atoms with Gasteiger partial charge in [-0.1, -0.05) is 42.5 Å². The van der Waals surface area contributed by atoms with Gasteiger partial charge in [0, 0.05) is 5.70 Å². The van der Waals surface area contributed by atoms with Crippen LogP contribution in [0.25, 0.3) is 5.70 Å². The number of hydrogen-bond acceptors (Lipinski definition) is 2. The molecule has 1 heterocycles. The van der Waals surface area contributed by atoms with Crippen LogP contribution in [0.3, 0.4) is 0 Å². The molecule has 2 aromatic rings. The average molecular weight is 232 g/mol. The van der Waals surface area contributed by atoms with Crippen molar-refractivity contribution in [2.45, 2.75) is 6.04 Å². The fourth-order valence-corrected chi connectivity index (χ4v) is 2.10. The van der Waals surface area contributed by atoms with Crippen LogP contribution in [0.1, 0.15) is 22.7 Å². The molecule has 0 radical (unpaired) electrons. The Balaban J connectivity index is 1.83. The second-order valence-electron chi connectivity index (χ2n) is 4.31. The summed E-state index contributed by atoms with van der Waals surface area (Å²) in [5, 5.41) is 12.3. The minimum Gasteiger partial charge on any atom is -0.374 e. The molecule has 1 unspecified atom stereocenters. The molecule has 0 spiro atoms. The molecule has 0 aliphatic carbocycles. The molecule has 0 saturated carbocycles. The van der Waals surface area contributed by atoms with Crippen molar-refractivity contribution in [2.24, 2.45) is 0 Å². The predicted octanol–water partition coefficient (Wildman–Crippen LogP) is 3.24. The smallest absolute Gasteiger partial charge is 0.0991 e. The Morgan fingerprint density at radius 3 is 2.50 bits per heavy atom. The van der Waals surface area contributed by atoms with Crippen LogP contribution in [-0.2, 0) is 0 Å². The minimum atomic E-state index is 0.284. The maximum absolute atomic E-state index is 8.87. The highest BCUT2D eigenvalue weighted by molar-refractivity contribution is 5.71. The first kappa shape index (κ1) is 10.6. The molecule has 2 aromatic carbocycles. The van der Waals surface area contributed by atoms with Crippen LogP contribution in [-0.4, -0.2) is 0 Å². The summed E-state index contributed by atoms with van der Waals surface area (Å²) < 4.78 is 0. The molecule has 2 heteroatoms. The first-order chi connectivity index (χ1) is 8.86. The van der Waals surface area contributed by atoms with Crippen molar-refractivity contribution in [2.75, 3.05) is 0 Å².